The first-order chi connectivity index (χ1) is 9.47. The van der Waals surface area contributed by atoms with Crippen LogP contribution in [-0.2, 0) is 0 Å². The number of rotatable bonds is 4. The van der Waals surface area contributed by atoms with Crippen molar-refractivity contribution in [3.63, 3.8) is 0 Å². The number of carbonyl (C=O) groups excluding carboxylic acids is 1. The number of ether oxygens (including phenoxy) is 1. The molecular weight excluding hydrogens is 303 g/mol. The quantitative estimate of drug-likeness (QED) is 0.845. The second kappa shape index (κ2) is 6.03. The van der Waals surface area contributed by atoms with Crippen LogP contribution in [0.5, 0.6) is 17.2 Å². The molecule has 0 fully saturated rings. The van der Waals surface area contributed by atoms with Crippen LogP contribution in [0.15, 0.2) is 36.4 Å². The summed E-state index contributed by atoms with van der Waals surface area (Å²) >= 11 is 11.6. The topological polar surface area (TPSA) is 66.8 Å². The smallest absolute Gasteiger partial charge is 0.203 e. The number of Topliss-reactive ketones (excluding diaryl/α,β-unsaturated/α-hetero) is 1. The molecule has 0 aliphatic carbocycles. The van der Waals surface area contributed by atoms with Gasteiger partial charge in [-0.15, -0.1) is 0 Å². The Balaban J connectivity index is 2.06. The van der Waals surface area contributed by atoms with Crippen molar-refractivity contribution in [2.75, 3.05) is 6.61 Å². The number of ketones is 1. The van der Waals surface area contributed by atoms with E-state index in [1.165, 1.54) is 18.2 Å². The molecule has 0 aliphatic rings. The van der Waals surface area contributed by atoms with Crippen LogP contribution in [0.4, 0.5) is 0 Å². The SMILES string of the molecule is O=C(COc1ccc(Cl)c(Cl)c1)c1ccc(O)cc1O. The summed E-state index contributed by atoms with van der Waals surface area (Å²) in [6.07, 6.45) is 0. The molecule has 0 atom stereocenters. The summed E-state index contributed by atoms with van der Waals surface area (Å²) in [5.74, 6) is -0.447. The van der Waals surface area contributed by atoms with Gasteiger partial charge in [0.1, 0.15) is 17.2 Å². The minimum Gasteiger partial charge on any atom is -0.508 e. The number of benzene rings is 2. The van der Waals surface area contributed by atoms with Crippen LogP contribution in [0.3, 0.4) is 0 Å². The first kappa shape index (κ1) is 14.5. The molecule has 0 aliphatic heterocycles. The van der Waals surface area contributed by atoms with Crippen LogP contribution in [0.1, 0.15) is 10.4 Å². The molecule has 2 aromatic rings. The molecule has 0 amide bonds. The van der Waals surface area contributed by atoms with Crippen molar-refractivity contribution < 1.29 is 19.7 Å². The summed E-state index contributed by atoms with van der Waals surface area (Å²) in [5.41, 5.74) is 0.0721. The van der Waals surface area contributed by atoms with Gasteiger partial charge in [0.15, 0.2) is 6.61 Å². The molecular formula is C14H10Cl2O4. The molecule has 2 rings (SSSR count). The highest BCUT2D eigenvalue weighted by Gasteiger charge is 2.12. The lowest BCUT2D eigenvalue weighted by molar-refractivity contribution is 0.0919. The van der Waals surface area contributed by atoms with Crippen molar-refractivity contribution in [2.24, 2.45) is 0 Å². The van der Waals surface area contributed by atoms with E-state index in [2.05, 4.69) is 0 Å². The van der Waals surface area contributed by atoms with Gasteiger partial charge in [-0.05, 0) is 24.3 Å². The predicted molar refractivity (Wildman–Crippen MR) is 76.1 cm³/mol. The van der Waals surface area contributed by atoms with Crippen LogP contribution in [-0.4, -0.2) is 22.6 Å². The summed E-state index contributed by atoms with van der Waals surface area (Å²) in [5, 5.41) is 19.4. The van der Waals surface area contributed by atoms with Crippen LogP contribution < -0.4 is 4.74 Å². The zero-order valence-corrected chi connectivity index (χ0v) is 11.6. The zero-order valence-electron chi connectivity index (χ0n) is 10.1. The van der Waals surface area contributed by atoms with Crippen LogP contribution >= 0.6 is 23.2 Å². The van der Waals surface area contributed by atoms with E-state index in [9.17, 15) is 9.90 Å². The van der Waals surface area contributed by atoms with Crippen molar-refractivity contribution in [3.05, 3.63) is 52.0 Å². The minimum absolute atomic E-state index is 0.0721. The fraction of sp³-hybridized carbons (Fsp3) is 0.0714. The van der Waals surface area contributed by atoms with Crippen molar-refractivity contribution in [3.8, 4) is 17.2 Å². The summed E-state index contributed by atoms with van der Waals surface area (Å²) in [6, 6.07) is 8.36. The maximum Gasteiger partial charge on any atom is 0.203 e. The number of carbonyl (C=O) groups is 1. The number of hydrogen-bond acceptors (Lipinski definition) is 4. The maximum absolute atomic E-state index is 11.9. The van der Waals surface area contributed by atoms with E-state index in [0.29, 0.717) is 15.8 Å². The monoisotopic (exact) mass is 312 g/mol. The number of hydrogen-bond donors (Lipinski definition) is 2. The van der Waals surface area contributed by atoms with E-state index in [0.717, 1.165) is 6.07 Å². The molecule has 20 heavy (non-hydrogen) atoms. The Morgan fingerprint density at radius 2 is 1.80 bits per heavy atom. The molecule has 104 valence electrons. The summed E-state index contributed by atoms with van der Waals surface area (Å²) < 4.78 is 5.28. The van der Waals surface area contributed by atoms with Gasteiger partial charge in [-0.1, -0.05) is 23.2 Å². The first-order valence-electron chi connectivity index (χ1n) is 5.60. The number of phenols is 2. The lowest BCUT2D eigenvalue weighted by atomic mass is 10.1. The van der Waals surface area contributed by atoms with Gasteiger partial charge in [0.05, 0.1) is 15.6 Å². The van der Waals surface area contributed by atoms with Gasteiger partial charge in [-0.2, -0.15) is 0 Å². The molecule has 0 saturated heterocycles. The third-order valence-electron chi connectivity index (χ3n) is 2.54. The fourth-order valence-corrected chi connectivity index (χ4v) is 1.84. The van der Waals surface area contributed by atoms with Gasteiger partial charge in [0, 0.05) is 12.1 Å². The zero-order chi connectivity index (χ0) is 14.7. The van der Waals surface area contributed by atoms with Gasteiger partial charge in [-0.3, -0.25) is 4.79 Å². The summed E-state index contributed by atoms with van der Waals surface area (Å²) in [4.78, 5) is 11.9. The average molecular weight is 313 g/mol. The highest BCUT2D eigenvalue weighted by molar-refractivity contribution is 6.42. The van der Waals surface area contributed by atoms with E-state index in [1.54, 1.807) is 12.1 Å². The second-order valence-corrected chi connectivity index (χ2v) is 4.80. The van der Waals surface area contributed by atoms with E-state index in [1.807, 2.05) is 0 Å². The number of halogens is 2. The molecule has 0 heterocycles. The molecule has 0 unspecified atom stereocenters. The summed E-state index contributed by atoms with van der Waals surface area (Å²) in [7, 11) is 0. The van der Waals surface area contributed by atoms with Gasteiger partial charge < -0.3 is 14.9 Å². The lowest BCUT2D eigenvalue weighted by Crippen LogP contribution is -2.11. The van der Waals surface area contributed by atoms with E-state index in [-0.39, 0.29) is 23.7 Å². The third-order valence-corrected chi connectivity index (χ3v) is 3.28. The van der Waals surface area contributed by atoms with Crippen LogP contribution in [0.2, 0.25) is 10.0 Å². The lowest BCUT2D eigenvalue weighted by Gasteiger charge is -2.08. The Morgan fingerprint density at radius 1 is 1.05 bits per heavy atom. The number of aromatic hydroxyl groups is 2. The Hall–Kier alpha value is -1.91. The van der Waals surface area contributed by atoms with E-state index >= 15 is 0 Å². The van der Waals surface area contributed by atoms with E-state index in [4.69, 9.17) is 33.0 Å². The predicted octanol–water partition coefficient (Wildman–Crippen LogP) is 3.67. The third kappa shape index (κ3) is 3.35. The van der Waals surface area contributed by atoms with Gasteiger partial charge in [0.25, 0.3) is 0 Å². The largest absolute Gasteiger partial charge is 0.508 e. The van der Waals surface area contributed by atoms with Crippen molar-refractivity contribution >= 4 is 29.0 Å². The van der Waals surface area contributed by atoms with Crippen molar-refractivity contribution in [1.29, 1.82) is 0 Å². The molecule has 2 N–H and O–H groups in total. The van der Waals surface area contributed by atoms with Crippen LogP contribution in [0.25, 0.3) is 0 Å². The Kier molecular flexibility index (Phi) is 4.37. The van der Waals surface area contributed by atoms with E-state index < -0.39 is 5.78 Å². The summed E-state index contributed by atoms with van der Waals surface area (Å²) in [6.45, 7) is -0.268. The number of phenolic OH excluding ortho intramolecular Hbond substituents is 2. The molecule has 0 bridgehead atoms. The highest BCUT2D eigenvalue weighted by atomic mass is 35.5. The minimum atomic E-state index is -0.423. The molecule has 0 saturated carbocycles. The maximum atomic E-state index is 11.9. The van der Waals surface area contributed by atoms with Crippen LogP contribution in [0, 0.1) is 0 Å². The normalized spacial score (nSPS) is 10.3. The van der Waals surface area contributed by atoms with Gasteiger partial charge in [0.2, 0.25) is 5.78 Å². The molecule has 4 nitrogen and oxygen atoms in total. The fourth-order valence-electron chi connectivity index (χ4n) is 1.55. The van der Waals surface area contributed by atoms with Crippen molar-refractivity contribution in [1.82, 2.24) is 0 Å². The molecule has 0 spiro atoms. The second-order valence-electron chi connectivity index (χ2n) is 3.99. The molecule has 0 aromatic heterocycles. The molecule has 6 heteroatoms. The van der Waals surface area contributed by atoms with Crippen molar-refractivity contribution in [2.45, 2.75) is 0 Å². The Bertz CT molecular complexity index is 656. The van der Waals surface area contributed by atoms with Gasteiger partial charge >= 0.3 is 0 Å². The first-order valence-corrected chi connectivity index (χ1v) is 6.36. The Morgan fingerprint density at radius 3 is 2.45 bits per heavy atom. The average Bonchev–Trinajstić information content (AvgIpc) is 2.40. The molecule has 0 radical (unpaired) electrons. The highest BCUT2D eigenvalue weighted by Crippen LogP contribution is 2.27. The Labute approximate surface area is 125 Å². The standard InChI is InChI=1S/C14H10Cl2O4/c15-11-4-2-9(6-12(11)16)20-7-14(19)10-3-1-8(17)5-13(10)18/h1-6,17-18H,7H2. The van der Waals surface area contributed by atoms with Gasteiger partial charge in [-0.25, -0.2) is 0 Å². The molecule has 2 aromatic carbocycles.